The minimum Gasteiger partial charge on any atom is -0.480 e. The third kappa shape index (κ3) is 7.11. The van der Waals surface area contributed by atoms with Crippen LogP contribution < -0.4 is 5.32 Å². The Bertz CT molecular complexity index is 255. The summed E-state index contributed by atoms with van der Waals surface area (Å²) in [4.78, 5) is 25.7. The van der Waals surface area contributed by atoms with Gasteiger partial charge in [-0.05, 0) is 33.0 Å². The monoisotopic (exact) mass is 259 g/mol. The highest BCUT2D eigenvalue weighted by molar-refractivity contribution is 5.79. The van der Waals surface area contributed by atoms with Crippen molar-refractivity contribution in [3.05, 3.63) is 0 Å². The predicted octanol–water partition coefficient (Wildman–Crippen LogP) is 0.834. The second-order valence-corrected chi connectivity index (χ2v) is 4.02. The van der Waals surface area contributed by atoms with Crippen LogP contribution in [-0.4, -0.2) is 66.2 Å². The Hall–Kier alpha value is -1.30. The molecular weight excluding hydrogens is 234 g/mol. The number of aliphatic carboxylic acids is 1. The number of hydrogen-bond acceptors (Lipinski definition) is 3. The van der Waals surface area contributed by atoms with Gasteiger partial charge in [0.1, 0.15) is 6.54 Å². The fourth-order valence-electron chi connectivity index (χ4n) is 1.64. The average molecular weight is 259 g/mol. The van der Waals surface area contributed by atoms with Gasteiger partial charge in [0.15, 0.2) is 0 Å². The Balaban J connectivity index is 3.84. The summed E-state index contributed by atoms with van der Waals surface area (Å²) in [6.45, 7) is 9.64. The van der Waals surface area contributed by atoms with Crippen LogP contribution in [0.5, 0.6) is 0 Å². The normalized spacial score (nSPS) is 10.4. The minimum absolute atomic E-state index is 0.252. The summed E-state index contributed by atoms with van der Waals surface area (Å²) in [6, 6.07) is -0.306. The van der Waals surface area contributed by atoms with Crippen LogP contribution in [-0.2, 0) is 4.79 Å². The summed E-state index contributed by atoms with van der Waals surface area (Å²) in [5.41, 5.74) is 0. The maximum absolute atomic E-state index is 11.6. The van der Waals surface area contributed by atoms with Crippen LogP contribution in [0.4, 0.5) is 4.79 Å². The molecule has 0 aliphatic heterocycles. The van der Waals surface area contributed by atoms with Gasteiger partial charge in [0.2, 0.25) is 0 Å². The average Bonchev–Trinajstić information content (AvgIpc) is 2.35. The molecule has 2 amide bonds. The van der Waals surface area contributed by atoms with Crippen molar-refractivity contribution in [1.29, 1.82) is 0 Å². The highest BCUT2D eigenvalue weighted by atomic mass is 16.4. The van der Waals surface area contributed by atoms with Gasteiger partial charge in [-0.1, -0.05) is 13.8 Å². The lowest BCUT2D eigenvalue weighted by atomic mass is 10.3. The molecule has 0 atom stereocenters. The Morgan fingerprint density at radius 2 is 1.72 bits per heavy atom. The number of amides is 2. The molecule has 0 spiro atoms. The van der Waals surface area contributed by atoms with Crippen molar-refractivity contribution in [3.8, 4) is 0 Å². The molecule has 0 heterocycles. The van der Waals surface area contributed by atoms with Gasteiger partial charge in [0.25, 0.3) is 0 Å². The Kier molecular flexibility index (Phi) is 9.00. The zero-order valence-electron chi connectivity index (χ0n) is 11.6. The SMILES string of the molecule is CCN(CC)CCCNC(=O)N(CC)CC(=O)O. The lowest BCUT2D eigenvalue weighted by molar-refractivity contribution is -0.137. The number of carboxylic acid groups (broad SMARTS) is 1. The molecule has 0 rings (SSSR count). The lowest BCUT2D eigenvalue weighted by Crippen LogP contribution is -2.43. The summed E-state index contributed by atoms with van der Waals surface area (Å²) < 4.78 is 0. The number of urea groups is 1. The van der Waals surface area contributed by atoms with Crippen LogP contribution in [0, 0.1) is 0 Å². The maximum atomic E-state index is 11.6. The van der Waals surface area contributed by atoms with Crippen molar-refractivity contribution in [2.45, 2.75) is 27.2 Å². The molecule has 6 heteroatoms. The Morgan fingerprint density at radius 1 is 1.11 bits per heavy atom. The van der Waals surface area contributed by atoms with Gasteiger partial charge in [-0.2, -0.15) is 0 Å². The van der Waals surface area contributed by atoms with Crippen molar-refractivity contribution in [2.24, 2.45) is 0 Å². The van der Waals surface area contributed by atoms with E-state index in [-0.39, 0.29) is 12.6 Å². The van der Waals surface area contributed by atoms with Crippen LogP contribution in [0.2, 0.25) is 0 Å². The van der Waals surface area contributed by atoms with Crippen molar-refractivity contribution in [2.75, 3.05) is 39.3 Å². The first-order chi connectivity index (χ1) is 8.54. The molecule has 0 aromatic carbocycles. The van der Waals surface area contributed by atoms with Gasteiger partial charge in [-0.3, -0.25) is 4.79 Å². The molecule has 0 aliphatic carbocycles. The fourth-order valence-corrected chi connectivity index (χ4v) is 1.64. The van der Waals surface area contributed by atoms with Crippen LogP contribution >= 0.6 is 0 Å². The number of carbonyl (C=O) groups is 2. The fraction of sp³-hybridized carbons (Fsp3) is 0.833. The highest BCUT2D eigenvalue weighted by Crippen LogP contribution is 1.92. The molecule has 0 aromatic rings. The number of rotatable bonds is 9. The molecule has 6 nitrogen and oxygen atoms in total. The van der Waals surface area contributed by atoms with E-state index in [1.54, 1.807) is 6.92 Å². The van der Waals surface area contributed by atoms with Crippen LogP contribution in [0.3, 0.4) is 0 Å². The molecule has 18 heavy (non-hydrogen) atoms. The molecule has 0 radical (unpaired) electrons. The highest BCUT2D eigenvalue weighted by Gasteiger charge is 2.13. The second kappa shape index (κ2) is 9.70. The van der Waals surface area contributed by atoms with Crippen LogP contribution in [0.1, 0.15) is 27.2 Å². The first-order valence-corrected chi connectivity index (χ1v) is 6.52. The summed E-state index contributed by atoms with van der Waals surface area (Å²) in [5.74, 6) is -0.991. The van der Waals surface area contributed by atoms with E-state index in [4.69, 9.17) is 5.11 Å². The van der Waals surface area contributed by atoms with E-state index >= 15 is 0 Å². The molecule has 0 aliphatic rings. The number of carbonyl (C=O) groups excluding carboxylic acids is 1. The van der Waals surface area contributed by atoms with E-state index in [9.17, 15) is 9.59 Å². The smallest absolute Gasteiger partial charge is 0.323 e. The molecule has 0 bridgehead atoms. The van der Waals surface area contributed by atoms with Crippen molar-refractivity contribution in [1.82, 2.24) is 15.1 Å². The van der Waals surface area contributed by atoms with E-state index < -0.39 is 5.97 Å². The third-order valence-electron chi connectivity index (χ3n) is 2.82. The van der Waals surface area contributed by atoms with Gasteiger partial charge in [0.05, 0.1) is 0 Å². The first kappa shape index (κ1) is 16.7. The number of likely N-dealkylation sites (N-methyl/N-ethyl adjacent to an activating group) is 1. The maximum Gasteiger partial charge on any atom is 0.323 e. The molecule has 0 aromatic heterocycles. The number of carboxylic acids is 1. The molecule has 0 unspecified atom stereocenters. The summed E-state index contributed by atoms with van der Waals surface area (Å²) >= 11 is 0. The van der Waals surface area contributed by atoms with Gasteiger partial charge >= 0.3 is 12.0 Å². The molecule has 2 N–H and O–H groups in total. The quantitative estimate of drug-likeness (QED) is 0.602. The second-order valence-electron chi connectivity index (χ2n) is 4.02. The third-order valence-corrected chi connectivity index (χ3v) is 2.82. The van der Waals surface area contributed by atoms with E-state index in [2.05, 4.69) is 24.1 Å². The van der Waals surface area contributed by atoms with Crippen molar-refractivity contribution < 1.29 is 14.7 Å². The summed E-state index contributed by atoms with van der Waals surface area (Å²) in [7, 11) is 0. The predicted molar refractivity (Wildman–Crippen MR) is 70.7 cm³/mol. The first-order valence-electron chi connectivity index (χ1n) is 6.52. The number of nitrogens with zero attached hydrogens (tertiary/aromatic N) is 2. The van der Waals surface area contributed by atoms with Crippen LogP contribution in [0.25, 0.3) is 0 Å². The summed E-state index contributed by atoms with van der Waals surface area (Å²) in [6.07, 6.45) is 0.873. The zero-order valence-corrected chi connectivity index (χ0v) is 11.6. The van der Waals surface area contributed by atoms with Gasteiger partial charge in [-0.25, -0.2) is 4.79 Å². The van der Waals surface area contributed by atoms with E-state index in [0.29, 0.717) is 13.1 Å². The largest absolute Gasteiger partial charge is 0.480 e. The summed E-state index contributed by atoms with van der Waals surface area (Å²) in [5, 5.41) is 11.4. The van der Waals surface area contributed by atoms with Gasteiger partial charge in [-0.15, -0.1) is 0 Å². The van der Waals surface area contributed by atoms with Crippen molar-refractivity contribution >= 4 is 12.0 Å². The molecule has 106 valence electrons. The molecular formula is C12H25N3O3. The standard InChI is InChI=1S/C12H25N3O3/c1-4-14(5-2)9-7-8-13-12(18)15(6-3)10-11(16)17/h4-10H2,1-3H3,(H,13,18)(H,16,17). The molecule has 0 saturated carbocycles. The molecule has 0 fully saturated rings. The number of hydrogen-bond donors (Lipinski definition) is 2. The topological polar surface area (TPSA) is 72.9 Å². The van der Waals surface area contributed by atoms with E-state index in [1.165, 1.54) is 4.90 Å². The van der Waals surface area contributed by atoms with Crippen LogP contribution in [0.15, 0.2) is 0 Å². The minimum atomic E-state index is -0.991. The lowest BCUT2D eigenvalue weighted by Gasteiger charge is -2.20. The van der Waals surface area contributed by atoms with Gasteiger partial charge < -0.3 is 20.2 Å². The zero-order chi connectivity index (χ0) is 14.0. The molecule has 0 saturated heterocycles. The van der Waals surface area contributed by atoms with E-state index in [0.717, 1.165) is 26.1 Å². The Morgan fingerprint density at radius 3 is 2.17 bits per heavy atom. The van der Waals surface area contributed by atoms with Crippen molar-refractivity contribution in [3.63, 3.8) is 0 Å². The van der Waals surface area contributed by atoms with E-state index in [1.807, 2.05) is 0 Å². The number of nitrogens with one attached hydrogen (secondary N) is 1. The Labute approximate surface area is 109 Å². The van der Waals surface area contributed by atoms with Gasteiger partial charge in [0, 0.05) is 13.1 Å².